The van der Waals surface area contributed by atoms with E-state index in [0.29, 0.717) is 17.3 Å². The van der Waals surface area contributed by atoms with Crippen LogP contribution in [0.15, 0.2) is 47.1 Å². The number of rotatable bonds is 3. The molecular formula is C16H17BrN2O3. The van der Waals surface area contributed by atoms with E-state index in [4.69, 9.17) is 9.47 Å². The highest BCUT2D eigenvalue weighted by molar-refractivity contribution is 9.10. The monoisotopic (exact) mass is 364 g/mol. The fourth-order valence-corrected chi connectivity index (χ4v) is 1.81. The van der Waals surface area contributed by atoms with Crippen molar-refractivity contribution in [3.63, 3.8) is 0 Å². The zero-order chi connectivity index (χ0) is 16.2. The molecule has 0 fully saturated rings. The molecule has 0 saturated heterocycles. The Kier molecular flexibility index (Phi) is 5.03. The number of nitrogens with one attached hydrogen (secondary N) is 1. The quantitative estimate of drug-likeness (QED) is 0.833. The third-order valence-corrected chi connectivity index (χ3v) is 2.89. The Morgan fingerprint density at radius 3 is 2.36 bits per heavy atom. The average molecular weight is 365 g/mol. The van der Waals surface area contributed by atoms with E-state index in [9.17, 15) is 4.79 Å². The van der Waals surface area contributed by atoms with Gasteiger partial charge in [0, 0.05) is 22.4 Å². The number of aromatic nitrogens is 1. The molecule has 0 aliphatic heterocycles. The summed E-state index contributed by atoms with van der Waals surface area (Å²) in [6, 6.07) is 10.6. The molecule has 1 aromatic heterocycles. The number of nitrogens with zero attached hydrogens (tertiary/aromatic N) is 1. The van der Waals surface area contributed by atoms with Crippen LogP contribution in [0.3, 0.4) is 0 Å². The minimum atomic E-state index is -0.527. The van der Waals surface area contributed by atoms with Crippen LogP contribution in [0.25, 0.3) is 0 Å². The Hall–Kier alpha value is -2.08. The molecule has 0 unspecified atom stereocenters. The Morgan fingerprint density at radius 2 is 1.82 bits per heavy atom. The van der Waals surface area contributed by atoms with Crippen molar-refractivity contribution in [2.24, 2.45) is 0 Å². The van der Waals surface area contributed by atoms with Crippen LogP contribution < -0.4 is 10.1 Å². The molecule has 1 amide bonds. The Labute approximate surface area is 137 Å². The molecule has 2 aromatic rings. The molecule has 0 spiro atoms. The van der Waals surface area contributed by atoms with Gasteiger partial charge in [-0.25, -0.2) is 9.78 Å². The molecule has 0 bridgehead atoms. The average Bonchev–Trinajstić information content (AvgIpc) is 2.41. The molecule has 1 aromatic carbocycles. The van der Waals surface area contributed by atoms with E-state index < -0.39 is 11.7 Å². The van der Waals surface area contributed by atoms with Gasteiger partial charge in [0.2, 0.25) is 5.88 Å². The summed E-state index contributed by atoms with van der Waals surface area (Å²) in [5.41, 5.74) is 0.103. The maximum absolute atomic E-state index is 11.7. The third-order valence-electron chi connectivity index (χ3n) is 2.42. The highest BCUT2D eigenvalue weighted by Gasteiger charge is 2.16. The normalized spacial score (nSPS) is 10.9. The van der Waals surface area contributed by atoms with Crippen molar-refractivity contribution in [2.45, 2.75) is 26.4 Å². The first-order chi connectivity index (χ1) is 10.3. The maximum Gasteiger partial charge on any atom is 0.412 e. The van der Waals surface area contributed by atoms with Gasteiger partial charge in [-0.3, -0.25) is 5.32 Å². The molecule has 0 aliphatic carbocycles. The van der Waals surface area contributed by atoms with Crippen LogP contribution in [-0.2, 0) is 4.74 Å². The molecule has 0 radical (unpaired) electrons. The summed E-state index contributed by atoms with van der Waals surface area (Å²) in [4.78, 5) is 15.8. The number of amides is 1. The first-order valence-corrected chi connectivity index (χ1v) is 7.51. The van der Waals surface area contributed by atoms with Gasteiger partial charge in [0.25, 0.3) is 0 Å². The van der Waals surface area contributed by atoms with E-state index in [1.54, 1.807) is 36.5 Å². The second-order valence-corrected chi connectivity index (χ2v) is 6.48. The first kappa shape index (κ1) is 16.3. The molecular weight excluding hydrogens is 348 g/mol. The van der Waals surface area contributed by atoms with Gasteiger partial charge >= 0.3 is 6.09 Å². The summed E-state index contributed by atoms with van der Waals surface area (Å²) >= 11 is 3.31. The van der Waals surface area contributed by atoms with E-state index >= 15 is 0 Å². The number of anilines is 1. The lowest BCUT2D eigenvalue weighted by molar-refractivity contribution is 0.0636. The fourth-order valence-electron chi connectivity index (χ4n) is 1.57. The Bertz CT molecular complexity index is 634. The van der Waals surface area contributed by atoms with Crippen LogP contribution in [0.2, 0.25) is 0 Å². The van der Waals surface area contributed by atoms with Gasteiger partial charge in [-0.15, -0.1) is 0 Å². The lowest BCUT2D eigenvalue weighted by Gasteiger charge is -2.19. The smallest absolute Gasteiger partial charge is 0.412 e. The largest absolute Gasteiger partial charge is 0.444 e. The van der Waals surface area contributed by atoms with E-state index in [0.717, 1.165) is 4.47 Å². The summed E-state index contributed by atoms with van der Waals surface area (Å²) < 4.78 is 11.7. The van der Waals surface area contributed by atoms with Crippen LogP contribution >= 0.6 is 15.9 Å². The SMILES string of the molecule is CC(C)(C)OC(=O)Nc1ccc(Oc2ccc(Br)cn2)cc1. The highest BCUT2D eigenvalue weighted by atomic mass is 79.9. The van der Waals surface area contributed by atoms with Crippen molar-refractivity contribution in [3.8, 4) is 11.6 Å². The first-order valence-electron chi connectivity index (χ1n) is 6.71. The Balaban J connectivity index is 1.95. The molecule has 0 atom stereocenters. The zero-order valence-corrected chi connectivity index (χ0v) is 14.2. The van der Waals surface area contributed by atoms with Crippen molar-refractivity contribution < 1.29 is 14.3 Å². The molecule has 22 heavy (non-hydrogen) atoms. The van der Waals surface area contributed by atoms with Crippen LogP contribution in [-0.4, -0.2) is 16.7 Å². The number of carbonyl (C=O) groups is 1. The van der Waals surface area contributed by atoms with Crippen molar-refractivity contribution in [1.29, 1.82) is 0 Å². The lowest BCUT2D eigenvalue weighted by Crippen LogP contribution is -2.27. The van der Waals surface area contributed by atoms with Gasteiger partial charge in [0.05, 0.1) is 0 Å². The minimum Gasteiger partial charge on any atom is -0.444 e. The summed E-state index contributed by atoms with van der Waals surface area (Å²) in [5, 5.41) is 2.66. The van der Waals surface area contributed by atoms with Crippen molar-refractivity contribution >= 4 is 27.7 Å². The molecule has 0 saturated carbocycles. The molecule has 116 valence electrons. The predicted octanol–water partition coefficient (Wildman–Crippen LogP) is 4.98. The number of ether oxygens (including phenoxy) is 2. The van der Waals surface area contributed by atoms with Crippen molar-refractivity contribution in [2.75, 3.05) is 5.32 Å². The van der Waals surface area contributed by atoms with Gasteiger partial charge < -0.3 is 9.47 Å². The number of carbonyl (C=O) groups excluding carboxylic acids is 1. The van der Waals surface area contributed by atoms with Crippen LogP contribution in [0, 0.1) is 0 Å². The van der Waals surface area contributed by atoms with Gasteiger partial charge in [0.15, 0.2) is 0 Å². The molecule has 6 heteroatoms. The predicted molar refractivity (Wildman–Crippen MR) is 88.3 cm³/mol. The standard InChI is InChI=1S/C16H17BrN2O3/c1-16(2,3)22-15(20)19-12-5-7-13(8-6-12)21-14-9-4-11(17)10-18-14/h4-10H,1-3H3,(H,19,20). The number of benzene rings is 1. The number of hydrogen-bond acceptors (Lipinski definition) is 4. The van der Waals surface area contributed by atoms with Crippen LogP contribution in [0.4, 0.5) is 10.5 Å². The van der Waals surface area contributed by atoms with Gasteiger partial charge in [-0.05, 0) is 67.0 Å². The highest BCUT2D eigenvalue weighted by Crippen LogP contribution is 2.22. The molecule has 0 aliphatic rings. The van der Waals surface area contributed by atoms with E-state index in [-0.39, 0.29) is 0 Å². The van der Waals surface area contributed by atoms with E-state index in [1.165, 1.54) is 0 Å². The van der Waals surface area contributed by atoms with E-state index in [1.807, 2.05) is 26.8 Å². The third kappa shape index (κ3) is 5.37. The maximum atomic E-state index is 11.7. The summed E-state index contributed by atoms with van der Waals surface area (Å²) in [6.45, 7) is 5.44. The summed E-state index contributed by atoms with van der Waals surface area (Å²) in [5.74, 6) is 1.13. The van der Waals surface area contributed by atoms with Crippen LogP contribution in [0.5, 0.6) is 11.6 Å². The lowest BCUT2D eigenvalue weighted by atomic mass is 10.2. The molecule has 5 nitrogen and oxygen atoms in total. The number of hydrogen-bond donors (Lipinski definition) is 1. The van der Waals surface area contributed by atoms with Crippen LogP contribution in [0.1, 0.15) is 20.8 Å². The number of pyridine rings is 1. The van der Waals surface area contributed by atoms with Gasteiger partial charge in [0.1, 0.15) is 11.4 Å². The molecule has 1 heterocycles. The summed E-state index contributed by atoms with van der Waals surface area (Å²) in [6.07, 6.45) is 1.17. The number of halogens is 1. The van der Waals surface area contributed by atoms with Gasteiger partial charge in [-0.1, -0.05) is 0 Å². The zero-order valence-electron chi connectivity index (χ0n) is 12.6. The second kappa shape index (κ2) is 6.79. The molecule has 2 rings (SSSR count). The van der Waals surface area contributed by atoms with E-state index in [2.05, 4.69) is 26.2 Å². The minimum absolute atomic E-state index is 0.490. The fraction of sp³-hybridized carbons (Fsp3) is 0.250. The summed E-state index contributed by atoms with van der Waals surface area (Å²) in [7, 11) is 0. The molecule has 1 N–H and O–H groups in total. The second-order valence-electron chi connectivity index (χ2n) is 5.57. The Morgan fingerprint density at radius 1 is 1.14 bits per heavy atom. The van der Waals surface area contributed by atoms with Crippen molar-refractivity contribution in [3.05, 3.63) is 47.1 Å². The topological polar surface area (TPSA) is 60.5 Å². The van der Waals surface area contributed by atoms with Gasteiger partial charge in [-0.2, -0.15) is 0 Å². The van der Waals surface area contributed by atoms with Crippen molar-refractivity contribution in [1.82, 2.24) is 4.98 Å².